The topological polar surface area (TPSA) is 96.0 Å². The van der Waals surface area contributed by atoms with Crippen LogP contribution in [0.1, 0.15) is 11.4 Å². The standard InChI is InChI=1S/C24H22ClN5O2S/c1-16-7-9-18(10-8-16)28-23-15-24(27-17(2)26-23)29-19-11-13-20(14-12-19)30-33(31,32)22-6-4-3-5-21(22)25/h3-15,30H,1-2H3,(H2,26,27,28,29). The van der Waals surface area contributed by atoms with Crippen molar-refractivity contribution in [2.24, 2.45) is 0 Å². The summed E-state index contributed by atoms with van der Waals surface area (Å²) in [5.74, 6) is 1.89. The van der Waals surface area contributed by atoms with E-state index in [1.807, 2.05) is 38.1 Å². The SMILES string of the molecule is Cc1ccc(Nc2cc(Nc3ccc(NS(=O)(=O)c4ccccc4Cl)cc3)nc(C)n2)cc1. The molecule has 0 atom stereocenters. The van der Waals surface area contributed by atoms with Crippen molar-refractivity contribution in [3.63, 3.8) is 0 Å². The number of nitrogens with one attached hydrogen (secondary N) is 3. The van der Waals surface area contributed by atoms with Crippen LogP contribution in [-0.2, 0) is 10.0 Å². The third kappa shape index (κ3) is 5.79. The molecular formula is C24H22ClN5O2S. The zero-order valence-corrected chi connectivity index (χ0v) is 19.6. The van der Waals surface area contributed by atoms with E-state index in [0.717, 1.165) is 11.4 Å². The van der Waals surface area contributed by atoms with E-state index >= 15 is 0 Å². The van der Waals surface area contributed by atoms with Crippen LogP contribution in [0.5, 0.6) is 0 Å². The van der Waals surface area contributed by atoms with Crippen LogP contribution in [0.15, 0.2) is 83.8 Å². The molecule has 0 saturated carbocycles. The van der Waals surface area contributed by atoms with E-state index < -0.39 is 10.0 Å². The van der Waals surface area contributed by atoms with Crippen LogP contribution < -0.4 is 15.4 Å². The molecule has 0 aliphatic heterocycles. The van der Waals surface area contributed by atoms with Gasteiger partial charge in [0.15, 0.2) is 0 Å². The molecule has 0 unspecified atom stereocenters. The molecule has 3 N–H and O–H groups in total. The molecule has 0 bridgehead atoms. The Balaban J connectivity index is 1.47. The predicted octanol–water partition coefficient (Wildman–Crippen LogP) is 6.03. The minimum atomic E-state index is -3.79. The number of hydrogen-bond acceptors (Lipinski definition) is 6. The molecule has 0 aliphatic rings. The Kier molecular flexibility index (Phi) is 6.48. The summed E-state index contributed by atoms with van der Waals surface area (Å²) in [6.07, 6.45) is 0. The summed E-state index contributed by atoms with van der Waals surface area (Å²) in [4.78, 5) is 8.89. The average Bonchev–Trinajstić information content (AvgIpc) is 2.76. The third-order valence-electron chi connectivity index (χ3n) is 4.70. The molecule has 1 heterocycles. The lowest BCUT2D eigenvalue weighted by molar-refractivity contribution is 0.601. The Morgan fingerprint density at radius 2 is 1.24 bits per heavy atom. The molecule has 4 aromatic rings. The van der Waals surface area contributed by atoms with Crippen molar-refractivity contribution in [3.05, 3.63) is 95.3 Å². The van der Waals surface area contributed by atoms with Crippen molar-refractivity contribution in [3.8, 4) is 0 Å². The highest BCUT2D eigenvalue weighted by atomic mass is 35.5. The number of halogens is 1. The summed E-state index contributed by atoms with van der Waals surface area (Å²) >= 11 is 6.03. The summed E-state index contributed by atoms with van der Waals surface area (Å²) < 4.78 is 27.8. The maximum absolute atomic E-state index is 12.6. The van der Waals surface area contributed by atoms with Gasteiger partial charge in [0.25, 0.3) is 10.0 Å². The monoisotopic (exact) mass is 479 g/mol. The molecule has 0 amide bonds. The summed E-state index contributed by atoms with van der Waals surface area (Å²) in [6, 6.07) is 23.0. The highest BCUT2D eigenvalue weighted by molar-refractivity contribution is 7.92. The molecule has 168 valence electrons. The first kappa shape index (κ1) is 22.6. The van der Waals surface area contributed by atoms with Gasteiger partial charge in [-0.05, 0) is 62.4 Å². The van der Waals surface area contributed by atoms with Gasteiger partial charge in [-0.25, -0.2) is 18.4 Å². The second-order valence-electron chi connectivity index (χ2n) is 7.41. The zero-order valence-electron chi connectivity index (χ0n) is 18.0. The van der Waals surface area contributed by atoms with Gasteiger partial charge in [-0.3, -0.25) is 4.72 Å². The largest absolute Gasteiger partial charge is 0.340 e. The molecule has 1 aromatic heterocycles. The van der Waals surface area contributed by atoms with Gasteiger partial charge in [0.2, 0.25) is 0 Å². The van der Waals surface area contributed by atoms with E-state index in [1.165, 1.54) is 17.7 Å². The van der Waals surface area contributed by atoms with E-state index in [2.05, 4.69) is 25.3 Å². The first-order valence-electron chi connectivity index (χ1n) is 10.1. The van der Waals surface area contributed by atoms with Gasteiger partial charge in [-0.1, -0.05) is 41.4 Å². The van der Waals surface area contributed by atoms with Crippen LogP contribution in [0.2, 0.25) is 5.02 Å². The van der Waals surface area contributed by atoms with Crippen molar-refractivity contribution >= 4 is 50.3 Å². The van der Waals surface area contributed by atoms with E-state index in [9.17, 15) is 8.42 Å². The third-order valence-corrected chi connectivity index (χ3v) is 6.58. The fraction of sp³-hybridized carbons (Fsp3) is 0.0833. The van der Waals surface area contributed by atoms with Crippen LogP contribution in [0, 0.1) is 13.8 Å². The summed E-state index contributed by atoms with van der Waals surface area (Å²) in [5.41, 5.74) is 3.27. The number of aryl methyl sites for hydroxylation is 2. The van der Waals surface area contributed by atoms with Crippen molar-refractivity contribution < 1.29 is 8.42 Å². The second-order valence-corrected chi connectivity index (χ2v) is 9.47. The number of benzene rings is 3. The Labute approximate surface area is 197 Å². The van der Waals surface area contributed by atoms with E-state index in [0.29, 0.717) is 23.1 Å². The maximum Gasteiger partial charge on any atom is 0.263 e. The summed E-state index contributed by atoms with van der Waals surface area (Å²) in [5, 5.41) is 6.66. The molecule has 33 heavy (non-hydrogen) atoms. The normalized spacial score (nSPS) is 11.1. The second kappa shape index (κ2) is 9.48. The quantitative estimate of drug-likeness (QED) is 0.299. The average molecular weight is 480 g/mol. The van der Waals surface area contributed by atoms with Crippen molar-refractivity contribution in [1.29, 1.82) is 0 Å². The van der Waals surface area contributed by atoms with E-state index in [-0.39, 0.29) is 9.92 Å². The van der Waals surface area contributed by atoms with Gasteiger partial charge in [0.05, 0.1) is 5.02 Å². The fourth-order valence-electron chi connectivity index (χ4n) is 3.12. The molecule has 9 heteroatoms. The van der Waals surface area contributed by atoms with E-state index in [1.54, 1.807) is 42.5 Å². The number of rotatable bonds is 7. The smallest absolute Gasteiger partial charge is 0.263 e. The first-order valence-corrected chi connectivity index (χ1v) is 12.0. The lowest BCUT2D eigenvalue weighted by Gasteiger charge is -2.12. The van der Waals surface area contributed by atoms with Crippen molar-refractivity contribution in [1.82, 2.24) is 9.97 Å². The maximum atomic E-state index is 12.6. The number of anilines is 5. The van der Waals surface area contributed by atoms with Gasteiger partial charge in [-0.15, -0.1) is 0 Å². The molecule has 0 aliphatic carbocycles. The Hall–Kier alpha value is -3.62. The Bertz CT molecular complexity index is 1380. The molecule has 0 saturated heterocycles. The highest BCUT2D eigenvalue weighted by Gasteiger charge is 2.17. The minimum Gasteiger partial charge on any atom is -0.340 e. The zero-order chi connectivity index (χ0) is 23.4. The van der Waals surface area contributed by atoms with Crippen LogP contribution >= 0.6 is 11.6 Å². The molecule has 0 radical (unpaired) electrons. The minimum absolute atomic E-state index is 0.0268. The Morgan fingerprint density at radius 3 is 1.82 bits per heavy atom. The van der Waals surface area contributed by atoms with Crippen LogP contribution in [-0.4, -0.2) is 18.4 Å². The number of hydrogen-bond donors (Lipinski definition) is 3. The lowest BCUT2D eigenvalue weighted by Crippen LogP contribution is -2.13. The summed E-state index contributed by atoms with van der Waals surface area (Å²) in [7, 11) is -3.79. The molecule has 0 fully saturated rings. The van der Waals surface area contributed by atoms with Crippen LogP contribution in [0.3, 0.4) is 0 Å². The fourth-order valence-corrected chi connectivity index (χ4v) is 4.70. The van der Waals surface area contributed by atoms with Gasteiger partial charge < -0.3 is 10.6 Å². The number of nitrogens with zero attached hydrogens (tertiary/aromatic N) is 2. The van der Waals surface area contributed by atoms with Crippen molar-refractivity contribution in [2.75, 3.05) is 15.4 Å². The first-order chi connectivity index (χ1) is 15.8. The number of aromatic nitrogens is 2. The van der Waals surface area contributed by atoms with Gasteiger partial charge in [0.1, 0.15) is 22.4 Å². The van der Waals surface area contributed by atoms with Gasteiger partial charge >= 0.3 is 0 Å². The number of sulfonamides is 1. The van der Waals surface area contributed by atoms with Gasteiger partial charge in [-0.2, -0.15) is 0 Å². The summed E-state index contributed by atoms with van der Waals surface area (Å²) in [6.45, 7) is 3.85. The predicted molar refractivity (Wildman–Crippen MR) is 133 cm³/mol. The van der Waals surface area contributed by atoms with Crippen molar-refractivity contribution in [2.45, 2.75) is 18.7 Å². The lowest BCUT2D eigenvalue weighted by atomic mass is 10.2. The van der Waals surface area contributed by atoms with Gasteiger partial charge in [0, 0.05) is 23.1 Å². The molecule has 4 rings (SSSR count). The highest BCUT2D eigenvalue weighted by Crippen LogP contribution is 2.25. The molecule has 3 aromatic carbocycles. The molecule has 0 spiro atoms. The van der Waals surface area contributed by atoms with Crippen LogP contribution in [0.25, 0.3) is 0 Å². The van der Waals surface area contributed by atoms with E-state index in [4.69, 9.17) is 11.6 Å². The van der Waals surface area contributed by atoms with Crippen LogP contribution in [0.4, 0.5) is 28.7 Å². The molecule has 7 nitrogen and oxygen atoms in total. The Morgan fingerprint density at radius 1 is 0.727 bits per heavy atom. The molecular weight excluding hydrogens is 458 g/mol.